The van der Waals surface area contributed by atoms with Crippen molar-refractivity contribution in [3.63, 3.8) is 0 Å². The zero-order valence-corrected chi connectivity index (χ0v) is 17.9. The van der Waals surface area contributed by atoms with Gasteiger partial charge in [0.25, 0.3) is 0 Å². The molecule has 1 atom stereocenters. The normalized spacial score (nSPS) is 17.0. The standard InChI is InChI=1S/C22H23N5O2S/c1-3-29-21(28)15-6-4-10-26(13-15)22-23-17-9-8-14(2)12-16(17)19-24-25-20(27(19)22)18-7-5-11-30-18/h5,7-9,11-12,15H,3-4,6,10,13H2,1-2H3/t15-/m1/s1. The number of nitrogens with zero attached hydrogens (tertiary/aromatic N) is 5. The largest absolute Gasteiger partial charge is 0.466 e. The number of fused-ring (bicyclic) bond motifs is 3. The van der Waals surface area contributed by atoms with Gasteiger partial charge < -0.3 is 9.64 Å². The summed E-state index contributed by atoms with van der Waals surface area (Å²) in [5.41, 5.74) is 2.83. The minimum atomic E-state index is -0.147. The van der Waals surface area contributed by atoms with Gasteiger partial charge in [0.1, 0.15) is 0 Å². The minimum Gasteiger partial charge on any atom is -0.466 e. The van der Waals surface area contributed by atoms with Crippen LogP contribution in [0.3, 0.4) is 0 Å². The van der Waals surface area contributed by atoms with Gasteiger partial charge in [-0.2, -0.15) is 0 Å². The second-order valence-electron chi connectivity index (χ2n) is 7.63. The smallest absolute Gasteiger partial charge is 0.310 e. The highest BCUT2D eigenvalue weighted by atomic mass is 32.1. The Hall–Kier alpha value is -3.00. The molecule has 0 aliphatic carbocycles. The van der Waals surface area contributed by atoms with Gasteiger partial charge >= 0.3 is 5.97 Å². The molecule has 0 amide bonds. The summed E-state index contributed by atoms with van der Waals surface area (Å²) in [4.78, 5) is 20.6. The zero-order valence-electron chi connectivity index (χ0n) is 17.0. The molecule has 8 heteroatoms. The fraction of sp³-hybridized carbons (Fsp3) is 0.364. The molecule has 4 aromatic rings. The number of carbonyl (C=O) groups is 1. The molecule has 0 spiro atoms. The van der Waals surface area contributed by atoms with Gasteiger partial charge in [0.05, 0.1) is 22.9 Å². The van der Waals surface area contributed by atoms with E-state index in [-0.39, 0.29) is 11.9 Å². The Labute approximate surface area is 178 Å². The number of hydrogen-bond donors (Lipinski definition) is 0. The molecule has 0 bridgehead atoms. The molecule has 0 unspecified atom stereocenters. The molecule has 5 rings (SSSR count). The van der Waals surface area contributed by atoms with Crippen molar-refractivity contribution < 1.29 is 9.53 Å². The van der Waals surface area contributed by atoms with Gasteiger partial charge in [-0.15, -0.1) is 21.5 Å². The highest BCUT2D eigenvalue weighted by Crippen LogP contribution is 2.32. The lowest BCUT2D eigenvalue weighted by molar-refractivity contribution is -0.148. The van der Waals surface area contributed by atoms with Crippen LogP contribution in [0, 0.1) is 12.8 Å². The van der Waals surface area contributed by atoms with Gasteiger partial charge in [0.15, 0.2) is 11.5 Å². The SMILES string of the molecule is CCOC(=O)[C@@H]1CCCN(c2nc3ccc(C)cc3c3nnc(-c4cccs4)n23)C1. The molecule has 1 saturated heterocycles. The number of piperidine rings is 1. The van der Waals surface area contributed by atoms with Crippen LogP contribution in [0.5, 0.6) is 0 Å². The van der Waals surface area contributed by atoms with E-state index in [1.54, 1.807) is 11.3 Å². The number of aryl methyl sites for hydroxylation is 1. The first kappa shape index (κ1) is 19.0. The lowest BCUT2D eigenvalue weighted by atomic mass is 9.98. The summed E-state index contributed by atoms with van der Waals surface area (Å²) in [5, 5.41) is 12.1. The summed E-state index contributed by atoms with van der Waals surface area (Å²) in [7, 11) is 0. The van der Waals surface area contributed by atoms with Crippen LogP contribution in [0.25, 0.3) is 27.3 Å². The van der Waals surface area contributed by atoms with E-state index in [0.717, 1.165) is 58.1 Å². The van der Waals surface area contributed by atoms with Crippen LogP contribution in [-0.2, 0) is 9.53 Å². The number of aromatic nitrogens is 4. The van der Waals surface area contributed by atoms with Crippen molar-refractivity contribution in [1.29, 1.82) is 0 Å². The van der Waals surface area contributed by atoms with E-state index in [0.29, 0.717) is 13.2 Å². The van der Waals surface area contributed by atoms with Crippen molar-refractivity contribution in [2.75, 3.05) is 24.6 Å². The van der Waals surface area contributed by atoms with E-state index in [9.17, 15) is 4.79 Å². The third-order valence-corrected chi connectivity index (χ3v) is 6.41. The molecule has 154 valence electrons. The molecule has 0 radical (unpaired) electrons. The quantitative estimate of drug-likeness (QED) is 0.462. The van der Waals surface area contributed by atoms with Crippen LogP contribution in [0.2, 0.25) is 0 Å². The van der Waals surface area contributed by atoms with Gasteiger partial charge in [-0.3, -0.25) is 4.79 Å². The molecule has 4 heterocycles. The maximum absolute atomic E-state index is 12.4. The van der Waals surface area contributed by atoms with Crippen LogP contribution in [0.1, 0.15) is 25.3 Å². The van der Waals surface area contributed by atoms with E-state index in [2.05, 4.69) is 34.2 Å². The number of thiophene rings is 1. The first-order valence-electron chi connectivity index (χ1n) is 10.3. The topological polar surface area (TPSA) is 72.6 Å². The molecule has 3 aromatic heterocycles. The Morgan fingerprint density at radius 3 is 3.00 bits per heavy atom. The van der Waals surface area contributed by atoms with Crippen molar-refractivity contribution in [2.24, 2.45) is 5.92 Å². The average Bonchev–Trinajstić information content (AvgIpc) is 3.43. The van der Waals surface area contributed by atoms with Gasteiger partial charge in [-0.05, 0) is 50.3 Å². The number of benzene rings is 1. The summed E-state index contributed by atoms with van der Waals surface area (Å²) in [6.07, 6.45) is 1.75. The molecule has 30 heavy (non-hydrogen) atoms. The predicted molar refractivity (Wildman–Crippen MR) is 118 cm³/mol. The van der Waals surface area contributed by atoms with Crippen molar-refractivity contribution >= 4 is 39.8 Å². The number of hydrogen-bond acceptors (Lipinski definition) is 7. The Kier molecular flexibility index (Phi) is 4.86. The molecule has 1 fully saturated rings. The van der Waals surface area contributed by atoms with Crippen LogP contribution in [0.15, 0.2) is 35.7 Å². The minimum absolute atomic E-state index is 0.128. The van der Waals surface area contributed by atoms with Crippen molar-refractivity contribution in [2.45, 2.75) is 26.7 Å². The highest BCUT2D eigenvalue weighted by Gasteiger charge is 2.30. The fourth-order valence-electron chi connectivity index (χ4n) is 4.12. The molecule has 1 aliphatic heterocycles. The summed E-state index contributed by atoms with van der Waals surface area (Å²) in [6.45, 7) is 5.73. The average molecular weight is 422 g/mol. The molecule has 0 saturated carbocycles. The number of anilines is 1. The molecular formula is C22H23N5O2S. The van der Waals surface area contributed by atoms with Crippen molar-refractivity contribution in [3.05, 3.63) is 41.3 Å². The van der Waals surface area contributed by atoms with Crippen LogP contribution < -0.4 is 4.90 Å². The number of rotatable bonds is 4. The van der Waals surface area contributed by atoms with E-state index in [1.165, 1.54) is 0 Å². The van der Waals surface area contributed by atoms with Gasteiger partial charge in [0.2, 0.25) is 5.95 Å². The third kappa shape index (κ3) is 3.21. The molecule has 1 aliphatic rings. The lowest BCUT2D eigenvalue weighted by Gasteiger charge is -2.32. The summed E-state index contributed by atoms with van der Waals surface area (Å²) < 4.78 is 7.33. The fourth-order valence-corrected chi connectivity index (χ4v) is 4.82. The second-order valence-corrected chi connectivity index (χ2v) is 8.58. The van der Waals surface area contributed by atoms with Gasteiger partial charge in [-0.1, -0.05) is 17.7 Å². The zero-order chi connectivity index (χ0) is 20.7. The Morgan fingerprint density at radius 2 is 2.20 bits per heavy atom. The Bertz CT molecular complexity index is 1220. The van der Waals surface area contributed by atoms with Crippen molar-refractivity contribution in [3.8, 4) is 10.7 Å². The van der Waals surface area contributed by atoms with Crippen LogP contribution in [0.4, 0.5) is 5.95 Å². The predicted octanol–water partition coefficient (Wildman–Crippen LogP) is 4.09. The summed E-state index contributed by atoms with van der Waals surface area (Å²) in [5.74, 6) is 1.29. The van der Waals surface area contributed by atoms with E-state index >= 15 is 0 Å². The van der Waals surface area contributed by atoms with Gasteiger partial charge in [-0.25, -0.2) is 9.38 Å². The van der Waals surface area contributed by atoms with E-state index in [4.69, 9.17) is 9.72 Å². The summed E-state index contributed by atoms with van der Waals surface area (Å²) in [6, 6.07) is 10.2. The van der Waals surface area contributed by atoms with Gasteiger partial charge in [0, 0.05) is 18.5 Å². The molecule has 0 N–H and O–H groups in total. The van der Waals surface area contributed by atoms with E-state index in [1.807, 2.05) is 34.9 Å². The van der Waals surface area contributed by atoms with Crippen LogP contribution in [-0.4, -0.2) is 45.2 Å². The maximum Gasteiger partial charge on any atom is 0.310 e. The lowest BCUT2D eigenvalue weighted by Crippen LogP contribution is -2.40. The third-order valence-electron chi connectivity index (χ3n) is 5.54. The molecule has 1 aromatic carbocycles. The van der Waals surface area contributed by atoms with Crippen LogP contribution >= 0.6 is 11.3 Å². The monoisotopic (exact) mass is 421 g/mol. The molecule has 7 nitrogen and oxygen atoms in total. The Balaban J connectivity index is 1.69. The number of carbonyl (C=O) groups excluding carboxylic acids is 1. The Morgan fingerprint density at radius 1 is 1.30 bits per heavy atom. The number of ether oxygens (including phenoxy) is 1. The van der Waals surface area contributed by atoms with Crippen molar-refractivity contribution in [1.82, 2.24) is 19.6 Å². The van der Waals surface area contributed by atoms with E-state index < -0.39 is 0 Å². The second kappa shape index (κ2) is 7.68. The number of esters is 1. The first-order chi connectivity index (χ1) is 14.7. The maximum atomic E-state index is 12.4. The summed E-state index contributed by atoms with van der Waals surface area (Å²) >= 11 is 1.63. The first-order valence-corrected chi connectivity index (χ1v) is 11.1. The molecular weight excluding hydrogens is 398 g/mol. The highest BCUT2D eigenvalue weighted by molar-refractivity contribution is 7.13.